The zero-order valence-corrected chi connectivity index (χ0v) is 33.2. The highest BCUT2D eigenvalue weighted by molar-refractivity contribution is 6.16. The minimum absolute atomic E-state index is 0.0963. The predicted octanol–water partition coefficient (Wildman–Crippen LogP) is 15.3. The van der Waals surface area contributed by atoms with Crippen LogP contribution >= 0.6 is 0 Å². The summed E-state index contributed by atoms with van der Waals surface area (Å²) < 4.78 is 2.53. The second-order valence-corrected chi connectivity index (χ2v) is 16.8. The highest BCUT2D eigenvalue weighted by Gasteiger charge is 2.38. The normalized spacial score (nSPS) is 14.6. The van der Waals surface area contributed by atoms with Gasteiger partial charge in [0.2, 0.25) is 0 Å². The van der Waals surface area contributed by atoms with E-state index in [0.29, 0.717) is 0 Å². The van der Waals surface area contributed by atoms with E-state index in [4.69, 9.17) is 0 Å². The van der Waals surface area contributed by atoms with Crippen LogP contribution in [0.3, 0.4) is 0 Å². The van der Waals surface area contributed by atoms with Crippen molar-refractivity contribution in [2.75, 3.05) is 0 Å². The minimum atomic E-state index is -0.0963. The van der Waals surface area contributed by atoms with Crippen molar-refractivity contribution >= 4 is 21.8 Å². The minimum Gasteiger partial charge on any atom is -0.309 e. The zero-order valence-electron chi connectivity index (χ0n) is 33.2. The third kappa shape index (κ3) is 5.11. The third-order valence-electron chi connectivity index (χ3n) is 13.3. The smallest absolute Gasteiger partial charge is 0.0622 e. The lowest BCUT2D eigenvalue weighted by molar-refractivity contribution is 0.661. The first-order valence-corrected chi connectivity index (χ1v) is 20.8. The molecule has 0 saturated heterocycles. The number of fused-ring (bicyclic) bond motifs is 10. The van der Waals surface area contributed by atoms with Gasteiger partial charge in [-0.25, -0.2) is 0 Å². The van der Waals surface area contributed by atoms with Crippen molar-refractivity contribution in [3.8, 4) is 61.3 Å². The van der Waals surface area contributed by atoms with E-state index in [1.165, 1.54) is 111 Å². The van der Waals surface area contributed by atoms with Crippen molar-refractivity contribution in [2.24, 2.45) is 0 Å². The molecule has 0 radical (unpaired) electrons. The molecular weight excluding hydrogens is 711 g/mol. The molecular formula is C58H41N. The van der Waals surface area contributed by atoms with Gasteiger partial charge in [0.15, 0.2) is 0 Å². The highest BCUT2D eigenvalue weighted by Crippen LogP contribution is 2.54. The SMILES string of the molecule is CC1(C)c2ccccc2-c2c1ccc1c3cc(-c4ccc5c(c4)-c4ccccc4C5c4ccc(-c5ccccc5)cc4)ccc3n(-c3cccc(-c4ccccc4)c3)c21. The predicted molar refractivity (Wildman–Crippen MR) is 247 cm³/mol. The van der Waals surface area contributed by atoms with Gasteiger partial charge in [0, 0.05) is 33.4 Å². The van der Waals surface area contributed by atoms with Crippen LogP contribution in [0.25, 0.3) is 83.1 Å². The zero-order chi connectivity index (χ0) is 39.2. The lowest BCUT2D eigenvalue weighted by Crippen LogP contribution is -2.14. The van der Waals surface area contributed by atoms with Gasteiger partial charge < -0.3 is 4.57 Å². The molecule has 1 heterocycles. The Hall–Kier alpha value is -7.22. The molecule has 1 atom stereocenters. The van der Waals surface area contributed by atoms with Gasteiger partial charge >= 0.3 is 0 Å². The lowest BCUT2D eigenvalue weighted by atomic mass is 9.82. The molecule has 12 rings (SSSR count). The van der Waals surface area contributed by atoms with Gasteiger partial charge in [0.25, 0.3) is 0 Å². The van der Waals surface area contributed by atoms with Crippen LogP contribution in [0.15, 0.2) is 206 Å². The quantitative estimate of drug-likeness (QED) is 0.165. The molecule has 0 N–H and O–H groups in total. The van der Waals surface area contributed by atoms with Crippen molar-refractivity contribution in [2.45, 2.75) is 25.2 Å². The Kier molecular flexibility index (Phi) is 7.40. The van der Waals surface area contributed by atoms with E-state index in [1.807, 2.05) is 0 Å². The summed E-state index contributed by atoms with van der Waals surface area (Å²) in [6, 6.07) is 76.7. The van der Waals surface area contributed by atoms with Crippen LogP contribution in [0.1, 0.15) is 47.6 Å². The largest absolute Gasteiger partial charge is 0.309 e. The van der Waals surface area contributed by atoms with Gasteiger partial charge in [-0.3, -0.25) is 0 Å². The van der Waals surface area contributed by atoms with Crippen molar-refractivity contribution in [3.63, 3.8) is 0 Å². The second kappa shape index (κ2) is 12.9. The summed E-state index contributed by atoms with van der Waals surface area (Å²) in [6.07, 6.45) is 0. The number of aromatic nitrogens is 1. The number of hydrogen-bond donors (Lipinski definition) is 0. The molecule has 59 heavy (non-hydrogen) atoms. The van der Waals surface area contributed by atoms with Crippen molar-refractivity contribution in [3.05, 3.63) is 234 Å². The van der Waals surface area contributed by atoms with E-state index in [1.54, 1.807) is 0 Å². The van der Waals surface area contributed by atoms with E-state index < -0.39 is 0 Å². The van der Waals surface area contributed by atoms with E-state index in [9.17, 15) is 0 Å². The maximum atomic E-state index is 2.53. The topological polar surface area (TPSA) is 4.93 Å². The fraction of sp³-hybridized carbons (Fsp3) is 0.0690. The Bertz CT molecular complexity index is 3270. The maximum absolute atomic E-state index is 2.53. The second-order valence-electron chi connectivity index (χ2n) is 16.8. The van der Waals surface area contributed by atoms with Crippen LogP contribution < -0.4 is 0 Å². The van der Waals surface area contributed by atoms with Gasteiger partial charge in [0.05, 0.1) is 11.0 Å². The Morgan fingerprint density at radius 3 is 1.78 bits per heavy atom. The molecule has 1 nitrogen and oxygen atoms in total. The monoisotopic (exact) mass is 751 g/mol. The van der Waals surface area contributed by atoms with Gasteiger partial charge in [-0.15, -0.1) is 0 Å². The molecule has 1 heteroatoms. The molecule has 0 bridgehead atoms. The van der Waals surface area contributed by atoms with Crippen molar-refractivity contribution < 1.29 is 0 Å². The van der Waals surface area contributed by atoms with Crippen LogP contribution in [-0.4, -0.2) is 4.57 Å². The molecule has 0 saturated carbocycles. The van der Waals surface area contributed by atoms with Gasteiger partial charge in [0.1, 0.15) is 0 Å². The molecule has 1 aromatic heterocycles. The maximum Gasteiger partial charge on any atom is 0.0622 e. The summed E-state index contributed by atoms with van der Waals surface area (Å²) in [4.78, 5) is 0. The molecule has 0 amide bonds. The first kappa shape index (κ1) is 33.9. The Balaban J connectivity index is 1.03. The summed E-state index contributed by atoms with van der Waals surface area (Å²) in [5, 5.41) is 2.55. The molecule has 9 aromatic carbocycles. The molecule has 10 aromatic rings. The van der Waals surface area contributed by atoms with Gasteiger partial charge in [-0.05, 0) is 108 Å². The molecule has 1 unspecified atom stereocenters. The Labute approximate surface area is 345 Å². The van der Waals surface area contributed by atoms with Crippen molar-refractivity contribution in [1.29, 1.82) is 0 Å². The van der Waals surface area contributed by atoms with E-state index in [0.717, 1.165) is 0 Å². The standard InChI is InChI=1S/C58H41N/c1-58(2)52-23-12-11-22-49(52)56-53(58)32-31-48-51-36-43(29-33-54(51)59(57(48)56)44-19-13-18-41(34-44)38-16-7-4-8-17-38)42-28-30-47-50(35-42)45-20-9-10-21-46(45)55(47)40-26-24-39(25-27-40)37-14-5-3-6-15-37/h3-36,55H,1-2H3. The third-order valence-corrected chi connectivity index (χ3v) is 13.3. The van der Waals surface area contributed by atoms with E-state index in [-0.39, 0.29) is 11.3 Å². The number of benzene rings is 9. The molecule has 2 aliphatic carbocycles. The van der Waals surface area contributed by atoms with Gasteiger partial charge in [-0.1, -0.05) is 190 Å². The average Bonchev–Trinajstić information content (AvgIpc) is 3.89. The van der Waals surface area contributed by atoms with Crippen LogP contribution in [0.4, 0.5) is 0 Å². The number of nitrogens with zero attached hydrogens (tertiary/aromatic N) is 1. The van der Waals surface area contributed by atoms with Crippen LogP contribution in [0.5, 0.6) is 0 Å². The number of rotatable bonds is 5. The molecule has 278 valence electrons. The first-order valence-electron chi connectivity index (χ1n) is 20.8. The van der Waals surface area contributed by atoms with Crippen LogP contribution in [0.2, 0.25) is 0 Å². The Morgan fingerprint density at radius 2 is 0.983 bits per heavy atom. The fourth-order valence-electron chi connectivity index (χ4n) is 10.4. The van der Waals surface area contributed by atoms with Crippen molar-refractivity contribution in [1.82, 2.24) is 4.57 Å². The van der Waals surface area contributed by atoms with Crippen LogP contribution in [0, 0.1) is 0 Å². The summed E-state index contributed by atoms with van der Waals surface area (Å²) >= 11 is 0. The fourth-order valence-corrected chi connectivity index (χ4v) is 10.4. The summed E-state index contributed by atoms with van der Waals surface area (Å²) in [5.41, 5.74) is 23.2. The van der Waals surface area contributed by atoms with E-state index >= 15 is 0 Å². The first-order chi connectivity index (χ1) is 29.0. The molecule has 0 spiro atoms. The summed E-state index contributed by atoms with van der Waals surface area (Å²) in [5.74, 6) is 0.196. The van der Waals surface area contributed by atoms with Crippen LogP contribution in [-0.2, 0) is 5.41 Å². The molecule has 0 aliphatic heterocycles. The average molecular weight is 752 g/mol. The number of hydrogen-bond acceptors (Lipinski definition) is 0. The summed E-state index contributed by atoms with van der Waals surface area (Å²) in [7, 11) is 0. The molecule has 0 fully saturated rings. The molecule has 2 aliphatic rings. The Morgan fingerprint density at radius 1 is 0.390 bits per heavy atom. The van der Waals surface area contributed by atoms with Gasteiger partial charge in [-0.2, -0.15) is 0 Å². The highest BCUT2D eigenvalue weighted by atomic mass is 15.0. The van der Waals surface area contributed by atoms with E-state index in [2.05, 4.69) is 225 Å². The summed E-state index contributed by atoms with van der Waals surface area (Å²) in [6.45, 7) is 4.75. The lowest BCUT2D eigenvalue weighted by Gasteiger charge is -2.21.